The molecule has 6 nitrogen and oxygen atoms in total. The minimum Gasteiger partial charge on any atom is -0.378 e. The highest BCUT2D eigenvalue weighted by Gasteiger charge is 2.09. The first kappa shape index (κ1) is 17.4. The molecule has 6 heteroatoms. The van der Waals surface area contributed by atoms with E-state index < -0.39 is 0 Å². The van der Waals surface area contributed by atoms with Gasteiger partial charge in [0.15, 0.2) is 0 Å². The van der Waals surface area contributed by atoms with Gasteiger partial charge in [-0.15, -0.1) is 0 Å². The summed E-state index contributed by atoms with van der Waals surface area (Å²) in [5.41, 5.74) is 4.14. The lowest BCUT2D eigenvalue weighted by molar-refractivity contribution is 0.102. The molecule has 26 heavy (non-hydrogen) atoms. The number of carbonyl (C=O) groups is 1. The summed E-state index contributed by atoms with van der Waals surface area (Å²) in [6.45, 7) is 2.03. The van der Waals surface area contributed by atoms with E-state index in [9.17, 15) is 4.79 Å². The Labute approximate surface area is 152 Å². The summed E-state index contributed by atoms with van der Waals surface area (Å²) in [7, 11) is 3.94. The van der Waals surface area contributed by atoms with Crippen molar-refractivity contribution in [2.24, 2.45) is 0 Å². The summed E-state index contributed by atoms with van der Waals surface area (Å²) in [5.74, 6) is 0.290. The maximum Gasteiger partial charge on any atom is 0.275 e. The van der Waals surface area contributed by atoms with E-state index in [0.29, 0.717) is 11.5 Å². The molecule has 2 aromatic carbocycles. The van der Waals surface area contributed by atoms with E-state index in [4.69, 9.17) is 0 Å². The third-order valence-electron chi connectivity index (χ3n) is 3.85. The molecule has 0 bridgehead atoms. The van der Waals surface area contributed by atoms with Crippen molar-refractivity contribution in [3.8, 4) is 0 Å². The lowest BCUT2D eigenvalue weighted by atomic mass is 10.2. The van der Waals surface area contributed by atoms with Crippen molar-refractivity contribution < 1.29 is 4.79 Å². The number of nitrogens with one attached hydrogen (secondary N) is 2. The Bertz CT molecular complexity index is 872. The maximum absolute atomic E-state index is 12.3. The van der Waals surface area contributed by atoms with E-state index >= 15 is 0 Å². The number of nitrogens with zero attached hydrogens (tertiary/aromatic N) is 3. The van der Waals surface area contributed by atoms with Gasteiger partial charge in [-0.2, -0.15) is 0 Å². The molecule has 3 rings (SSSR count). The molecule has 132 valence electrons. The van der Waals surface area contributed by atoms with Gasteiger partial charge in [0, 0.05) is 31.2 Å². The molecule has 3 aromatic rings. The summed E-state index contributed by atoms with van der Waals surface area (Å²) in [6.07, 6.45) is 3.00. The van der Waals surface area contributed by atoms with Crippen LogP contribution in [0.5, 0.6) is 0 Å². The summed E-state index contributed by atoms with van der Waals surface area (Å²) >= 11 is 0. The molecule has 2 N–H and O–H groups in total. The number of anilines is 4. The van der Waals surface area contributed by atoms with Gasteiger partial charge in [-0.1, -0.05) is 17.7 Å². The molecule has 0 unspecified atom stereocenters. The van der Waals surface area contributed by atoms with Crippen molar-refractivity contribution in [1.82, 2.24) is 9.97 Å². The first-order valence-corrected chi connectivity index (χ1v) is 8.26. The van der Waals surface area contributed by atoms with Crippen molar-refractivity contribution in [2.75, 3.05) is 29.6 Å². The van der Waals surface area contributed by atoms with Crippen LogP contribution in [-0.4, -0.2) is 30.0 Å². The number of amides is 1. The topological polar surface area (TPSA) is 70.2 Å². The molecule has 0 aliphatic carbocycles. The fraction of sp³-hybridized carbons (Fsp3) is 0.150. The molecule has 0 saturated carbocycles. The first-order valence-electron chi connectivity index (χ1n) is 8.26. The van der Waals surface area contributed by atoms with E-state index in [-0.39, 0.29) is 11.6 Å². The molecule has 0 aliphatic heterocycles. The van der Waals surface area contributed by atoms with E-state index in [2.05, 4.69) is 20.6 Å². The molecule has 0 atom stereocenters. The van der Waals surface area contributed by atoms with Crippen molar-refractivity contribution in [3.05, 3.63) is 72.2 Å². The lowest BCUT2D eigenvalue weighted by Crippen LogP contribution is -2.14. The second-order valence-corrected chi connectivity index (χ2v) is 6.17. The van der Waals surface area contributed by atoms with Gasteiger partial charge in [0.05, 0.1) is 12.4 Å². The Balaban J connectivity index is 1.63. The largest absolute Gasteiger partial charge is 0.378 e. The minimum absolute atomic E-state index is 0.260. The zero-order valence-corrected chi connectivity index (χ0v) is 15.0. The Kier molecular flexibility index (Phi) is 5.12. The van der Waals surface area contributed by atoms with Crippen LogP contribution in [0.25, 0.3) is 0 Å². The van der Waals surface area contributed by atoms with Gasteiger partial charge in [0.1, 0.15) is 11.5 Å². The third kappa shape index (κ3) is 4.36. The van der Waals surface area contributed by atoms with Gasteiger partial charge >= 0.3 is 0 Å². The molecular weight excluding hydrogens is 326 g/mol. The molecule has 0 fully saturated rings. The molecule has 0 saturated heterocycles. The Morgan fingerprint density at radius 2 is 1.54 bits per heavy atom. The fourth-order valence-corrected chi connectivity index (χ4v) is 2.33. The van der Waals surface area contributed by atoms with Crippen molar-refractivity contribution in [2.45, 2.75) is 6.92 Å². The lowest BCUT2D eigenvalue weighted by Gasteiger charge is -2.13. The van der Waals surface area contributed by atoms with Crippen LogP contribution >= 0.6 is 0 Å². The zero-order chi connectivity index (χ0) is 18.5. The molecule has 0 spiro atoms. The molecule has 0 radical (unpaired) electrons. The van der Waals surface area contributed by atoms with Crippen LogP contribution in [0, 0.1) is 6.92 Å². The molecule has 1 aromatic heterocycles. The van der Waals surface area contributed by atoms with E-state index in [1.807, 2.05) is 74.4 Å². The zero-order valence-electron chi connectivity index (χ0n) is 15.0. The second kappa shape index (κ2) is 7.65. The Morgan fingerprint density at radius 3 is 2.12 bits per heavy atom. The quantitative estimate of drug-likeness (QED) is 0.734. The number of rotatable bonds is 5. The van der Waals surface area contributed by atoms with Crippen LogP contribution in [0.3, 0.4) is 0 Å². The smallest absolute Gasteiger partial charge is 0.275 e. The summed E-state index contributed by atoms with van der Waals surface area (Å²) in [6, 6.07) is 15.6. The number of hydrogen-bond acceptors (Lipinski definition) is 5. The molecule has 1 heterocycles. The highest BCUT2D eigenvalue weighted by Crippen LogP contribution is 2.17. The first-order chi connectivity index (χ1) is 12.5. The average Bonchev–Trinajstić information content (AvgIpc) is 2.64. The van der Waals surface area contributed by atoms with Crippen LogP contribution in [0.4, 0.5) is 22.9 Å². The van der Waals surface area contributed by atoms with Crippen LogP contribution in [0.1, 0.15) is 16.1 Å². The van der Waals surface area contributed by atoms with Gasteiger partial charge in [0.25, 0.3) is 5.91 Å². The molecule has 0 aliphatic rings. The third-order valence-corrected chi connectivity index (χ3v) is 3.85. The van der Waals surface area contributed by atoms with Gasteiger partial charge in [-0.25, -0.2) is 9.97 Å². The standard InChI is InChI=1S/C20H21N5O/c1-14-4-6-15(7-5-14)23-19-13-21-18(12-22-19)20(26)24-16-8-10-17(11-9-16)25(2)3/h4-13H,1-3H3,(H,22,23)(H,24,26). The van der Waals surface area contributed by atoms with Gasteiger partial charge in [0.2, 0.25) is 0 Å². The van der Waals surface area contributed by atoms with Crippen LogP contribution in [0.2, 0.25) is 0 Å². The van der Waals surface area contributed by atoms with Gasteiger partial charge in [-0.3, -0.25) is 4.79 Å². The Morgan fingerprint density at radius 1 is 0.885 bits per heavy atom. The van der Waals surface area contributed by atoms with Crippen molar-refractivity contribution in [3.63, 3.8) is 0 Å². The fourth-order valence-electron chi connectivity index (χ4n) is 2.33. The van der Waals surface area contributed by atoms with E-state index in [0.717, 1.165) is 11.4 Å². The predicted molar refractivity (Wildman–Crippen MR) is 105 cm³/mol. The van der Waals surface area contributed by atoms with Crippen LogP contribution in [-0.2, 0) is 0 Å². The highest BCUT2D eigenvalue weighted by molar-refractivity contribution is 6.02. The van der Waals surface area contributed by atoms with Gasteiger partial charge in [-0.05, 0) is 43.3 Å². The number of aryl methyl sites for hydroxylation is 1. The minimum atomic E-state index is -0.294. The molecular formula is C20H21N5O. The Hall–Kier alpha value is -3.41. The summed E-state index contributed by atoms with van der Waals surface area (Å²) in [5, 5.41) is 5.97. The van der Waals surface area contributed by atoms with E-state index in [1.165, 1.54) is 11.8 Å². The normalized spacial score (nSPS) is 10.3. The summed E-state index contributed by atoms with van der Waals surface area (Å²) in [4.78, 5) is 22.7. The number of aromatic nitrogens is 2. The van der Waals surface area contributed by atoms with Gasteiger partial charge < -0.3 is 15.5 Å². The SMILES string of the molecule is Cc1ccc(Nc2cnc(C(=O)Nc3ccc(N(C)C)cc3)cn2)cc1. The highest BCUT2D eigenvalue weighted by atomic mass is 16.1. The van der Waals surface area contributed by atoms with Crippen molar-refractivity contribution >= 4 is 28.8 Å². The molecule has 1 amide bonds. The van der Waals surface area contributed by atoms with E-state index in [1.54, 1.807) is 6.20 Å². The monoisotopic (exact) mass is 347 g/mol. The van der Waals surface area contributed by atoms with Crippen LogP contribution < -0.4 is 15.5 Å². The number of carbonyl (C=O) groups excluding carboxylic acids is 1. The average molecular weight is 347 g/mol. The summed E-state index contributed by atoms with van der Waals surface area (Å²) < 4.78 is 0. The second-order valence-electron chi connectivity index (χ2n) is 6.17. The van der Waals surface area contributed by atoms with Crippen LogP contribution in [0.15, 0.2) is 60.9 Å². The van der Waals surface area contributed by atoms with Crippen molar-refractivity contribution in [1.29, 1.82) is 0 Å². The number of hydrogen-bond donors (Lipinski definition) is 2. The number of benzene rings is 2. The maximum atomic E-state index is 12.3. The predicted octanol–water partition coefficient (Wildman–Crippen LogP) is 3.85.